The zero-order valence-electron chi connectivity index (χ0n) is 12.2. The van der Waals surface area contributed by atoms with Gasteiger partial charge in [-0.25, -0.2) is 14.8 Å². The quantitative estimate of drug-likeness (QED) is 0.924. The van der Waals surface area contributed by atoms with Crippen molar-refractivity contribution >= 4 is 6.09 Å². The number of hydrogen-bond acceptors (Lipinski definition) is 3. The molecule has 0 saturated heterocycles. The van der Waals surface area contributed by atoms with Crippen LogP contribution in [-0.2, 0) is 13.0 Å². The maximum atomic E-state index is 11.1. The first-order valence-electron chi connectivity index (χ1n) is 7.63. The molecule has 1 fully saturated rings. The van der Waals surface area contributed by atoms with Crippen molar-refractivity contribution in [3.05, 3.63) is 47.5 Å². The third kappa shape index (κ3) is 2.43. The van der Waals surface area contributed by atoms with E-state index in [4.69, 9.17) is 5.11 Å². The maximum Gasteiger partial charge on any atom is 0.407 e. The molecular formula is C17H17N3O2. The number of carboxylic acid groups (broad SMARTS) is 1. The van der Waals surface area contributed by atoms with Crippen molar-refractivity contribution in [2.24, 2.45) is 0 Å². The summed E-state index contributed by atoms with van der Waals surface area (Å²) in [7, 11) is 0. The third-order valence-electron chi connectivity index (χ3n) is 4.44. The summed E-state index contributed by atoms with van der Waals surface area (Å²) in [6.07, 6.45) is 6.12. The number of amides is 1. The van der Waals surface area contributed by atoms with E-state index in [0.29, 0.717) is 19.0 Å². The fraction of sp³-hybridized carbons (Fsp3) is 0.353. The molecule has 1 aliphatic carbocycles. The van der Waals surface area contributed by atoms with Crippen molar-refractivity contribution in [1.29, 1.82) is 0 Å². The number of hydrogen-bond donors (Lipinski definition) is 1. The molecule has 1 aliphatic heterocycles. The molecule has 0 atom stereocenters. The van der Waals surface area contributed by atoms with Gasteiger partial charge >= 0.3 is 6.09 Å². The minimum absolute atomic E-state index is 0.474. The van der Waals surface area contributed by atoms with Gasteiger partial charge in [0.25, 0.3) is 0 Å². The van der Waals surface area contributed by atoms with Crippen LogP contribution in [0.3, 0.4) is 0 Å². The van der Waals surface area contributed by atoms with Crippen molar-refractivity contribution in [3.63, 3.8) is 0 Å². The molecule has 1 saturated carbocycles. The Morgan fingerprint density at radius 3 is 2.59 bits per heavy atom. The first kappa shape index (κ1) is 13.2. The van der Waals surface area contributed by atoms with Crippen molar-refractivity contribution in [2.75, 3.05) is 6.54 Å². The second-order valence-corrected chi connectivity index (χ2v) is 6.04. The Balaban J connectivity index is 1.59. The second kappa shape index (κ2) is 5.09. The zero-order chi connectivity index (χ0) is 15.1. The lowest BCUT2D eigenvalue weighted by atomic mass is 9.95. The summed E-state index contributed by atoms with van der Waals surface area (Å²) in [6.45, 7) is 1.03. The molecule has 2 heterocycles. The van der Waals surface area contributed by atoms with Gasteiger partial charge in [0.15, 0.2) is 0 Å². The van der Waals surface area contributed by atoms with Crippen LogP contribution in [0.4, 0.5) is 4.79 Å². The summed E-state index contributed by atoms with van der Waals surface area (Å²) in [5.41, 5.74) is 4.44. The van der Waals surface area contributed by atoms with E-state index in [1.165, 1.54) is 23.3 Å². The summed E-state index contributed by atoms with van der Waals surface area (Å²) < 4.78 is 0. The molecule has 0 radical (unpaired) electrons. The van der Waals surface area contributed by atoms with E-state index in [-0.39, 0.29) is 0 Å². The van der Waals surface area contributed by atoms with Gasteiger partial charge in [0.2, 0.25) is 0 Å². The van der Waals surface area contributed by atoms with Gasteiger partial charge in [0.05, 0.1) is 0 Å². The highest BCUT2D eigenvalue weighted by Gasteiger charge is 2.26. The van der Waals surface area contributed by atoms with Gasteiger partial charge in [0, 0.05) is 37.0 Å². The van der Waals surface area contributed by atoms with Crippen LogP contribution in [-0.4, -0.2) is 32.6 Å². The lowest BCUT2D eigenvalue weighted by Gasteiger charge is -2.26. The van der Waals surface area contributed by atoms with E-state index in [2.05, 4.69) is 16.0 Å². The van der Waals surface area contributed by atoms with Crippen LogP contribution in [0.5, 0.6) is 0 Å². The Bertz CT molecular complexity index is 723. The SMILES string of the molecule is O=C(O)N1CCc2cc(-c3cnc(C4CC4)nc3)ccc2C1. The van der Waals surface area contributed by atoms with E-state index < -0.39 is 6.09 Å². The van der Waals surface area contributed by atoms with Crippen molar-refractivity contribution in [2.45, 2.75) is 31.7 Å². The Morgan fingerprint density at radius 2 is 1.91 bits per heavy atom. The maximum absolute atomic E-state index is 11.1. The van der Waals surface area contributed by atoms with E-state index in [9.17, 15) is 4.79 Å². The zero-order valence-corrected chi connectivity index (χ0v) is 12.2. The van der Waals surface area contributed by atoms with Gasteiger partial charge < -0.3 is 10.0 Å². The Hall–Kier alpha value is -2.43. The molecule has 0 unspecified atom stereocenters. The first-order chi connectivity index (χ1) is 10.7. The van der Waals surface area contributed by atoms with Gasteiger partial charge in [-0.1, -0.05) is 18.2 Å². The number of benzene rings is 1. The fourth-order valence-corrected chi connectivity index (χ4v) is 2.94. The van der Waals surface area contributed by atoms with Crippen LogP contribution in [0.2, 0.25) is 0 Å². The minimum Gasteiger partial charge on any atom is -0.465 e. The molecule has 1 amide bonds. The molecular weight excluding hydrogens is 278 g/mol. The molecule has 5 heteroatoms. The molecule has 5 nitrogen and oxygen atoms in total. The average Bonchev–Trinajstić information content (AvgIpc) is 3.39. The smallest absolute Gasteiger partial charge is 0.407 e. The molecule has 22 heavy (non-hydrogen) atoms. The summed E-state index contributed by atoms with van der Waals surface area (Å²) in [4.78, 5) is 21.4. The van der Waals surface area contributed by atoms with Crippen LogP contribution in [0.15, 0.2) is 30.6 Å². The monoisotopic (exact) mass is 295 g/mol. The molecule has 1 aromatic heterocycles. The van der Waals surface area contributed by atoms with E-state index in [0.717, 1.165) is 28.9 Å². The average molecular weight is 295 g/mol. The largest absolute Gasteiger partial charge is 0.465 e. The number of nitrogens with zero attached hydrogens (tertiary/aromatic N) is 3. The van der Waals surface area contributed by atoms with Crippen LogP contribution in [0.1, 0.15) is 35.7 Å². The highest BCUT2D eigenvalue weighted by Crippen LogP contribution is 2.38. The Labute approximate surface area is 128 Å². The lowest BCUT2D eigenvalue weighted by molar-refractivity contribution is 0.140. The number of rotatable bonds is 2. The summed E-state index contributed by atoms with van der Waals surface area (Å²) in [5.74, 6) is 1.53. The van der Waals surface area contributed by atoms with Crippen LogP contribution < -0.4 is 0 Å². The van der Waals surface area contributed by atoms with Crippen molar-refractivity contribution in [3.8, 4) is 11.1 Å². The summed E-state index contributed by atoms with van der Waals surface area (Å²) in [5, 5.41) is 9.08. The molecule has 0 bridgehead atoms. The van der Waals surface area contributed by atoms with E-state index >= 15 is 0 Å². The molecule has 0 spiro atoms. The van der Waals surface area contributed by atoms with Gasteiger partial charge in [-0.05, 0) is 36.0 Å². The minimum atomic E-state index is -0.848. The van der Waals surface area contributed by atoms with Gasteiger partial charge in [-0.2, -0.15) is 0 Å². The topological polar surface area (TPSA) is 66.3 Å². The standard InChI is InChI=1S/C17H17N3O2/c21-17(22)20-6-5-13-7-12(3-4-14(13)10-20)15-8-18-16(19-9-15)11-1-2-11/h3-4,7-9,11H,1-2,5-6,10H2,(H,21,22). The lowest BCUT2D eigenvalue weighted by Crippen LogP contribution is -2.34. The Morgan fingerprint density at radius 1 is 1.14 bits per heavy atom. The van der Waals surface area contributed by atoms with Crippen LogP contribution >= 0.6 is 0 Å². The molecule has 112 valence electrons. The highest BCUT2D eigenvalue weighted by molar-refractivity contribution is 5.67. The predicted molar refractivity (Wildman–Crippen MR) is 81.6 cm³/mol. The fourth-order valence-electron chi connectivity index (χ4n) is 2.94. The van der Waals surface area contributed by atoms with Crippen molar-refractivity contribution in [1.82, 2.24) is 14.9 Å². The first-order valence-corrected chi connectivity index (χ1v) is 7.63. The van der Waals surface area contributed by atoms with Crippen molar-refractivity contribution < 1.29 is 9.90 Å². The Kier molecular flexibility index (Phi) is 3.06. The third-order valence-corrected chi connectivity index (χ3v) is 4.44. The van der Waals surface area contributed by atoms with E-state index in [1.807, 2.05) is 24.5 Å². The molecule has 1 aromatic carbocycles. The predicted octanol–water partition coefficient (Wildman–Crippen LogP) is 3.06. The second-order valence-electron chi connectivity index (χ2n) is 6.04. The number of carbonyl (C=O) groups is 1. The highest BCUT2D eigenvalue weighted by atomic mass is 16.4. The molecule has 2 aromatic rings. The summed E-state index contributed by atoms with van der Waals surface area (Å²) in [6, 6.07) is 6.19. The van der Waals surface area contributed by atoms with Crippen LogP contribution in [0, 0.1) is 0 Å². The van der Waals surface area contributed by atoms with Crippen LogP contribution in [0.25, 0.3) is 11.1 Å². The van der Waals surface area contributed by atoms with Gasteiger partial charge in [-0.3, -0.25) is 0 Å². The number of fused-ring (bicyclic) bond motifs is 1. The number of aromatic nitrogens is 2. The van der Waals surface area contributed by atoms with Gasteiger partial charge in [-0.15, -0.1) is 0 Å². The molecule has 2 aliphatic rings. The molecule has 4 rings (SSSR count). The molecule has 1 N–H and O–H groups in total. The summed E-state index contributed by atoms with van der Waals surface area (Å²) >= 11 is 0. The normalized spacial score (nSPS) is 17.2. The van der Waals surface area contributed by atoms with E-state index in [1.54, 1.807) is 0 Å². The van der Waals surface area contributed by atoms with Gasteiger partial charge in [0.1, 0.15) is 5.82 Å².